The Balaban J connectivity index is 1.58. The molecule has 0 amide bonds. The van der Waals surface area contributed by atoms with Crippen molar-refractivity contribution in [1.29, 1.82) is 0 Å². The van der Waals surface area contributed by atoms with Crippen molar-refractivity contribution in [2.45, 2.75) is 64.8 Å². The molecule has 1 aliphatic rings. The quantitative estimate of drug-likeness (QED) is 0.422. The lowest BCUT2D eigenvalue weighted by Crippen LogP contribution is -2.40. The van der Waals surface area contributed by atoms with Crippen molar-refractivity contribution in [2.75, 3.05) is 33.7 Å². The second-order valence-corrected chi connectivity index (χ2v) is 8.34. The van der Waals surface area contributed by atoms with Crippen LogP contribution in [0.15, 0.2) is 4.99 Å². The summed E-state index contributed by atoms with van der Waals surface area (Å²) in [4.78, 5) is 12.8. The Labute approximate surface area is 157 Å². The van der Waals surface area contributed by atoms with Crippen LogP contribution in [0.4, 0.5) is 0 Å². The molecule has 1 aromatic rings. The fourth-order valence-electron chi connectivity index (χ4n) is 3.39. The molecule has 1 heterocycles. The molecule has 0 radical (unpaired) electrons. The summed E-state index contributed by atoms with van der Waals surface area (Å²) in [5.41, 5.74) is 1.16. The summed E-state index contributed by atoms with van der Waals surface area (Å²) >= 11 is 1.79. The number of aromatic nitrogens is 1. The van der Waals surface area contributed by atoms with Crippen molar-refractivity contribution in [3.63, 3.8) is 0 Å². The monoisotopic (exact) mass is 365 g/mol. The van der Waals surface area contributed by atoms with Gasteiger partial charge in [-0.2, -0.15) is 0 Å². The molecule has 6 heteroatoms. The fraction of sp³-hybridized carbons (Fsp3) is 0.789. The van der Waals surface area contributed by atoms with E-state index in [1.54, 1.807) is 11.3 Å². The molecule has 0 aliphatic heterocycles. The first-order chi connectivity index (χ1) is 12.1. The van der Waals surface area contributed by atoms with Gasteiger partial charge in [-0.25, -0.2) is 4.98 Å². The Hall–Kier alpha value is -1.14. The number of aryl methyl sites for hydroxylation is 2. The van der Waals surface area contributed by atoms with Crippen LogP contribution < -0.4 is 10.6 Å². The third-order valence-corrected chi connectivity index (χ3v) is 6.24. The van der Waals surface area contributed by atoms with Gasteiger partial charge in [0.2, 0.25) is 0 Å². The van der Waals surface area contributed by atoms with Crippen molar-refractivity contribution in [2.24, 2.45) is 4.99 Å². The number of nitrogens with one attached hydrogen (secondary N) is 2. The molecule has 2 N–H and O–H groups in total. The number of guanidine groups is 1. The average Bonchev–Trinajstić information content (AvgIpc) is 2.95. The Kier molecular flexibility index (Phi) is 8.68. The van der Waals surface area contributed by atoms with E-state index in [0.717, 1.165) is 50.2 Å². The van der Waals surface area contributed by atoms with Gasteiger partial charge in [0.1, 0.15) is 0 Å². The highest BCUT2D eigenvalue weighted by atomic mass is 32.1. The Bertz CT molecular complexity index is 514. The lowest BCUT2D eigenvalue weighted by Gasteiger charge is -2.31. The van der Waals surface area contributed by atoms with Crippen LogP contribution in [0.1, 0.15) is 54.1 Å². The van der Waals surface area contributed by atoms with Crippen LogP contribution in [-0.2, 0) is 6.42 Å². The number of nitrogens with zero attached hydrogens (tertiary/aromatic N) is 3. The van der Waals surface area contributed by atoms with E-state index in [1.807, 2.05) is 7.05 Å². The van der Waals surface area contributed by atoms with E-state index < -0.39 is 0 Å². The molecule has 1 aromatic heterocycles. The maximum absolute atomic E-state index is 4.58. The number of rotatable bonds is 8. The summed E-state index contributed by atoms with van der Waals surface area (Å²) < 4.78 is 0. The zero-order valence-electron chi connectivity index (χ0n) is 16.4. The molecule has 1 saturated carbocycles. The predicted molar refractivity (Wildman–Crippen MR) is 109 cm³/mol. The predicted octanol–water partition coefficient (Wildman–Crippen LogP) is 3.12. The summed E-state index contributed by atoms with van der Waals surface area (Å²) in [5.74, 6) is 0.894. The van der Waals surface area contributed by atoms with E-state index in [2.05, 4.69) is 46.4 Å². The van der Waals surface area contributed by atoms with E-state index in [0.29, 0.717) is 0 Å². The molecule has 0 bridgehead atoms. The summed E-state index contributed by atoms with van der Waals surface area (Å²) in [7, 11) is 4.11. The van der Waals surface area contributed by atoms with Crippen LogP contribution in [0, 0.1) is 13.8 Å². The van der Waals surface area contributed by atoms with Gasteiger partial charge >= 0.3 is 0 Å². The molecule has 1 aliphatic carbocycles. The molecule has 25 heavy (non-hydrogen) atoms. The highest BCUT2D eigenvalue weighted by molar-refractivity contribution is 7.11. The molecular formula is C19H35N5S. The lowest BCUT2D eigenvalue weighted by molar-refractivity contribution is 0.190. The third-order valence-electron chi connectivity index (χ3n) is 5.11. The second kappa shape index (κ2) is 10.8. The summed E-state index contributed by atoms with van der Waals surface area (Å²) in [6.07, 6.45) is 9.09. The Morgan fingerprint density at radius 2 is 1.92 bits per heavy atom. The first kappa shape index (κ1) is 20.2. The Morgan fingerprint density at radius 1 is 1.20 bits per heavy atom. The van der Waals surface area contributed by atoms with Gasteiger partial charge in [-0.1, -0.05) is 19.3 Å². The molecule has 0 saturated heterocycles. The first-order valence-corrected chi connectivity index (χ1v) is 10.5. The average molecular weight is 366 g/mol. The van der Waals surface area contributed by atoms with Crippen LogP contribution in [0.3, 0.4) is 0 Å². The van der Waals surface area contributed by atoms with Crippen LogP contribution >= 0.6 is 11.3 Å². The van der Waals surface area contributed by atoms with E-state index in [1.165, 1.54) is 42.0 Å². The number of thiazole rings is 1. The van der Waals surface area contributed by atoms with Gasteiger partial charge in [-0.05, 0) is 46.7 Å². The third kappa shape index (κ3) is 6.94. The van der Waals surface area contributed by atoms with E-state index in [4.69, 9.17) is 0 Å². The Morgan fingerprint density at radius 3 is 2.56 bits per heavy atom. The molecule has 1 fully saturated rings. The van der Waals surface area contributed by atoms with Crippen molar-refractivity contribution < 1.29 is 0 Å². The number of hydrogen-bond donors (Lipinski definition) is 2. The minimum Gasteiger partial charge on any atom is -0.356 e. The minimum absolute atomic E-state index is 0.802. The molecule has 0 spiro atoms. The van der Waals surface area contributed by atoms with E-state index in [9.17, 15) is 0 Å². The van der Waals surface area contributed by atoms with E-state index in [-0.39, 0.29) is 0 Å². The van der Waals surface area contributed by atoms with Crippen LogP contribution in [0.2, 0.25) is 0 Å². The first-order valence-electron chi connectivity index (χ1n) is 9.68. The smallest absolute Gasteiger partial charge is 0.190 e. The van der Waals surface area contributed by atoms with Gasteiger partial charge in [0.15, 0.2) is 5.96 Å². The SMILES string of the molecule is CN=C(NCCCN(C)C1CCCCC1)NCCc1nc(C)c(C)s1. The van der Waals surface area contributed by atoms with Gasteiger partial charge in [-0.15, -0.1) is 11.3 Å². The van der Waals surface area contributed by atoms with Crippen molar-refractivity contribution >= 4 is 17.3 Å². The van der Waals surface area contributed by atoms with Crippen LogP contribution in [0.5, 0.6) is 0 Å². The van der Waals surface area contributed by atoms with Gasteiger partial charge in [0.25, 0.3) is 0 Å². The molecular weight excluding hydrogens is 330 g/mol. The normalized spacial score (nSPS) is 16.4. The maximum Gasteiger partial charge on any atom is 0.190 e. The highest BCUT2D eigenvalue weighted by Crippen LogP contribution is 2.21. The van der Waals surface area contributed by atoms with Gasteiger partial charge in [0, 0.05) is 37.5 Å². The molecule has 5 nitrogen and oxygen atoms in total. The maximum atomic E-state index is 4.58. The summed E-state index contributed by atoms with van der Waals surface area (Å²) in [6, 6.07) is 0.802. The van der Waals surface area contributed by atoms with Crippen molar-refractivity contribution in [3.8, 4) is 0 Å². The van der Waals surface area contributed by atoms with Gasteiger partial charge in [0.05, 0.1) is 10.7 Å². The molecule has 2 rings (SSSR count). The number of hydrogen-bond acceptors (Lipinski definition) is 4. The number of aliphatic imine (C=N–C) groups is 1. The molecule has 0 unspecified atom stereocenters. The summed E-state index contributed by atoms with van der Waals surface area (Å²) in [6.45, 7) is 7.20. The zero-order valence-corrected chi connectivity index (χ0v) is 17.2. The zero-order chi connectivity index (χ0) is 18.1. The largest absolute Gasteiger partial charge is 0.356 e. The van der Waals surface area contributed by atoms with Gasteiger partial charge in [-0.3, -0.25) is 4.99 Å². The summed E-state index contributed by atoms with van der Waals surface area (Å²) in [5, 5.41) is 8.02. The topological polar surface area (TPSA) is 52.6 Å². The fourth-order valence-corrected chi connectivity index (χ4v) is 4.33. The molecule has 0 atom stereocenters. The van der Waals surface area contributed by atoms with Crippen LogP contribution in [-0.4, -0.2) is 55.6 Å². The second-order valence-electron chi connectivity index (χ2n) is 7.05. The van der Waals surface area contributed by atoms with Gasteiger partial charge < -0.3 is 15.5 Å². The van der Waals surface area contributed by atoms with Crippen molar-refractivity contribution in [1.82, 2.24) is 20.5 Å². The lowest BCUT2D eigenvalue weighted by atomic mass is 9.94. The molecule has 142 valence electrons. The van der Waals surface area contributed by atoms with E-state index >= 15 is 0 Å². The van der Waals surface area contributed by atoms with Crippen molar-refractivity contribution in [3.05, 3.63) is 15.6 Å². The minimum atomic E-state index is 0.802. The standard InChI is InChI=1S/C19H35N5S/c1-15-16(2)25-18(23-15)11-13-22-19(20-3)21-12-8-14-24(4)17-9-6-5-7-10-17/h17H,5-14H2,1-4H3,(H2,20,21,22). The van der Waals surface area contributed by atoms with Crippen LogP contribution in [0.25, 0.3) is 0 Å². The highest BCUT2D eigenvalue weighted by Gasteiger charge is 2.17. The molecule has 0 aromatic carbocycles.